The van der Waals surface area contributed by atoms with Crippen molar-refractivity contribution in [1.82, 2.24) is 35.5 Å². The summed E-state index contributed by atoms with van der Waals surface area (Å²) in [6.45, 7) is 14.4. The highest BCUT2D eigenvalue weighted by Crippen LogP contribution is 2.42. The van der Waals surface area contributed by atoms with Gasteiger partial charge in [-0.25, -0.2) is 5.43 Å². The molecule has 5 heterocycles. The number of benzene rings is 2. The van der Waals surface area contributed by atoms with Crippen LogP contribution in [0.1, 0.15) is 77.3 Å². The van der Waals surface area contributed by atoms with Crippen LogP contribution >= 0.6 is 0 Å². The van der Waals surface area contributed by atoms with E-state index in [1.54, 1.807) is 32.5 Å². The van der Waals surface area contributed by atoms with Gasteiger partial charge in [0.05, 0.1) is 30.7 Å². The molecule has 1 unspecified atom stereocenters. The number of hydrogen-bond donors (Lipinski definition) is 4. The second kappa shape index (κ2) is 19.2. The summed E-state index contributed by atoms with van der Waals surface area (Å²) in [6, 6.07) is 12.6. The maximum Gasteiger partial charge on any atom is 0.324 e. The van der Waals surface area contributed by atoms with Crippen molar-refractivity contribution in [3.8, 4) is 28.1 Å². The molecule has 2 fully saturated rings. The van der Waals surface area contributed by atoms with E-state index in [0.717, 1.165) is 44.5 Å². The number of rotatable bonds is 9. The van der Waals surface area contributed by atoms with Crippen molar-refractivity contribution in [2.45, 2.75) is 104 Å². The Kier molecular flexibility index (Phi) is 13.9. The fourth-order valence-corrected chi connectivity index (χ4v) is 9.34. The SMILES string of the molecule is CCn1c(-c2cccnc2[C@H](C)OC)c2c3cc(ccc31)-c1cc(O)cc(c1)C[C@H](NC(=O)[C@H](C(C)C)N(C)C(=O)C1CNCCO1)C(=O)N1CCC[C@H](N1)C(=O)OCC(C)(C)C2. The molecular formula is C48H63N7O8. The molecule has 3 amide bonds. The number of hydrazine groups is 1. The summed E-state index contributed by atoms with van der Waals surface area (Å²) < 4.78 is 19.9. The van der Waals surface area contributed by atoms with Crippen molar-refractivity contribution in [3.05, 3.63) is 71.5 Å². The number of phenolic OH excluding ortho intramolecular Hbond substituents is 1. The van der Waals surface area contributed by atoms with Gasteiger partial charge in [0.2, 0.25) is 5.91 Å². The maximum atomic E-state index is 14.6. The number of morpholine rings is 1. The molecule has 0 spiro atoms. The minimum Gasteiger partial charge on any atom is -0.508 e. The van der Waals surface area contributed by atoms with Gasteiger partial charge in [0, 0.05) is 74.8 Å². The van der Waals surface area contributed by atoms with Crippen molar-refractivity contribution in [2.75, 3.05) is 47.0 Å². The van der Waals surface area contributed by atoms with Gasteiger partial charge in [0.15, 0.2) is 0 Å². The summed E-state index contributed by atoms with van der Waals surface area (Å²) in [5.41, 5.74) is 9.63. The van der Waals surface area contributed by atoms with Gasteiger partial charge in [-0.15, -0.1) is 0 Å². The molecule has 0 aliphatic carbocycles. The van der Waals surface area contributed by atoms with E-state index in [-0.39, 0.29) is 36.7 Å². The van der Waals surface area contributed by atoms with Gasteiger partial charge < -0.3 is 39.4 Å². The zero-order valence-corrected chi connectivity index (χ0v) is 37.8. The zero-order valence-electron chi connectivity index (χ0n) is 37.8. The van der Waals surface area contributed by atoms with Gasteiger partial charge in [0.25, 0.3) is 11.8 Å². The Morgan fingerprint density at radius 3 is 2.62 bits per heavy atom. The van der Waals surface area contributed by atoms with E-state index >= 15 is 0 Å². The summed E-state index contributed by atoms with van der Waals surface area (Å²) in [5.74, 6) is -2.08. The lowest BCUT2D eigenvalue weighted by molar-refractivity contribution is -0.155. The molecule has 7 rings (SSSR count). The smallest absolute Gasteiger partial charge is 0.324 e. The number of methoxy groups -OCH3 is 1. The number of phenols is 1. The number of likely N-dealkylation sites (N-methyl/N-ethyl adjacent to an activating group) is 1. The van der Waals surface area contributed by atoms with Gasteiger partial charge in [0.1, 0.15) is 30.0 Å². The maximum absolute atomic E-state index is 14.6. The van der Waals surface area contributed by atoms with Gasteiger partial charge in [-0.1, -0.05) is 39.8 Å². The van der Waals surface area contributed by atoms with Crippen LogP contribution < -0.4 is 16.1 Å². The molecule has 3 aliphatic heterocycles. The summed E-state index contributed by atoms with van der Waals surface area (Å²) in [7, 11) is 3.26. The molecule has 0 radical (unpaired) electrons. The molecule has 338 valence electrons. The quantitative estimate of drug-likeness (QED) is 0.168. The molecule has 2 aromatic carbocycles. The Hall–Kier alpha value is -5.35. The van der Waals surface area contributed by atoms with Gasteiger partial charge in [-0.05, 0) is 97.7 Å². The number of cyclic esters (lactones) is 1. The third-order valence-corrected chi connectivity index (χ3v) is 12.5. The Bertz CT molecular complexity index is 2340. The average molecular weight is 866 g/mol. The summed E-state index contributed by atoms with van der Waals surface area (Å²) in [4.78, 5) is 62.7. The Labute approximate surface area is 369 Å². The molecule has 5 atom stereocenters. The molecule has 0 saturated carbocycles. The first-order chi connectivity index (χ1) is 30.1. The minimum absolute atomic E-state index is 0.00152. The van der Waals surface area contributed by atoms with E-state index in [4.69, 9.17) is 19.2 Å². The molecule has 6 bridgehead atoms. The number of ether oxygens (including phenoxy) is 3. The van der Waals surface area contributed by atoms with Crippen LogP contribution in [0.4, 0.5) is 0 Å². The van der Waals surface area contributed by atoms with Crippen molar-refractivity contribution >= 4 is 34.6 Å². The van der Waals surface area contributed by atoms with Gasteiger partial charge >= 0.3 is 5.97 Å². The largest absolute Gasteiger partial charge is 0.508 e. The number of esters is 1. The predicted octanol–water partition coefficient (Wildman–Crippen LogP) is 4.92. The number of pyridine rings is 1. The summed E-state index contributed by atoms with van der Waals surface area (Å²) in [5, 5.41) is 19.9. The number of hydrogen-bond acceptors (Lipinski definition) is 11. The van der Waals surface area contributed by atoms with Gasteiger partial charge in [-0.3, -0.25) is 29.2 Å². The topological polar surface area (TPSA) is 177 Å². The van der Waals surface area contributed by atoms with Crippen molar-refractivity contribution in [3.63, 3.8) is 0 Å². The number of aryl methyl sites for hydroxylation is 1. The fourth-order valence-electron chi connectivity index (χ4n) is 9.34. The first-order valence-corrected chi connectivity index (χ1v) is 22.2. The van der Waals surface area contributed by atoms with E-state index in [2.05, 4.69) is 59.6 Å². The number of carbonyl (C=O) groups is 4. The molecule has 15 heteroatoms. The summed E-state index contributed by atoms with van der Waals surface area (Å²) in [6.07, 6.45) is 2.30. The van der Waals surface area contributed by atoms with Crippen LogP contribution in [0.2, 0.25) is 0 Å². The van der Waals surface area contributed by atoms with E-state index in [1.165, 1.54) is 9.91 Å². The highest BCUT2D eigenvalue weighted by atomic mass is 16.5. The third-order valence-electron chi connectivity index (χ3n) is 12.5. The number of fused-ring (bicyclic) bond motifs is 6. The molecule has 63 heavy (non-hydrogen) atoms. The second-order valence-electron chi connectivity index (χ2n) is 18.2. The molecule has 3 aliphatic rings. The van der Waals surface area contributed by atoms with E-state index < -0.39 is 47.4 Å². The number of carbonyl (C=O) groups excluding carboxylic acids is 4. The van der Waals surface area contributed by atoms with Crippen LogP contribution in [0.5, 0.6) is 5.75 Å². The molecule has 2 aromatic heterocycles. The van der Waals surface area contributed by atoms with E-state index in [0.29, 0.717) is 57.6 Å². The van der Waals surface area contributed by atoms with Crippen LogP contribution in [0.15, 0.2) is 54.7 Å². The van der Waals surface area contributed by atoms with Crippen molar-refractivity contribution in [2.24, 2.45) is 11.3 Å². The first-order valence-electron chi connectivity index (χ1n) is 22.2. The number of aromatic hydroxyl groups is 1. The molecule has 4 aromatic rings. The number of aromatic nitrogens is 2. The monoisotopic (exact) mass is 865 g/mol. The molecular weight excluding hydrogens is 803 g/mol. The lowest BCUT2D eigenvalue weighted by Gasteiger charge is -2.37. The van der Waals surface area contributed by atoms with Crippen LogP contribution in [0.3, 0.4) is 0 Å². The first kappa shape index (κ1) is 45.7. The van der Waals surface area contributed by atoms with Crippen LogP contribution in [-0.4, -0.2) is 119 Å². The second-order valence-corrected chi connectivity index (χ2v) is 18.2. The number of amides is 3. The lowest BCUT2D eigenvalue weighted by Crippen LogP contribution is -2.62. The zero-order chi connectivity index (χ0) is 45.2. The number of nitrogens with zero attached hydrogens (tertiary/aromatic N) is 4. The molecule has 15 nitrogen and oxygen atoms in total. The normalized spacial score (nSPS) is 21.7. The van der Waals surface area contributed by atoms with Crippen molar-refractivity contribution < 1.29 is 38.5 Å². The molecule has 4 N–H and O–H groups in total. The standard InChI is InChI=1S/C48H63N7O8/c1-9-54-39-15-14-31-24-35(39)36(43(54)34-12-10-16-50-41(34)29(4)61-8)25-48(5,6)27-63-47(60)37-13-11-18-55(52-37)45(58)38(22-30-20-32(31)23-33(56)21-30)51-44(57)42(28(2)3)53(7)46(59)40-26-49-17-19-62-40/h10,12,14-16,20-21,23-24,28-29,37-38,40,42,49,52,56H,9,11,13,17-19,22,25-27H2,1-8H3,(H,51,57)/t29-,37-,38-,40?,42-/m0/s1. The number of nitrogens with one attached hydrogen (secondary N) is 3. The molecule has 2 saturated heterocycles. The summed E-state index contributed by atoms with van der Waals surface area (Å²) >= 11 is 0. The Morgan fingerprint density at radius 2 is 1.90 bits per heavy atom. The third kappa shape index (κ3) is 9.76. The highest BCUT2D eigenvalue weighted by molar-refractivity contribution is 5.96. The van der Waals surface area contributed by atoms with Gasteiger partial charge in [-0.2, -0.15) is 0 Å². The van der Waals surface area contributed by atoms with E-state index in [1.807, 2.05) is 39.0 Å². The highest BCUT2D eigenvalue weighted by Gasteiger charge is 2.39. The Morgan fingerprint density at radius 1 is 1.11 bits per heavy atom. The van der Waals surface area contributed by atoms with E-state index in [9.17, 15) is 24.3 Å². The fraction of sp³-hybridized carbons (Fsp3) is 0.521. The van der Waals surface area contributed by atoms with Crippen LogP contribution in [-0.2, 0) is 52.8 Å². The van der Waals surface area contributed by atoms with Crippen LogP contribution in [0.25, 0.3) is 33.3 Å². The van der Waals surface area contributed by atoms with Crippen LogP contribution in [0, 0.1) is 11.3 Å². The van der Waals surface area contributed by atoms with Crippen molar-refractivity contribution in [1.29, 1.82) is 0 Å². The average Bonchev–Trinajstić information content (AvgIpc) is 3.58. The minimum atomic E-state index is -1.14. The lowest BCUT2D eigenvalue weighted by atomic mass is 9.84. The Balaban J connectivity index is 1.34. The predicted molar refractivity (Wildman–Crippen MR) is 239 cm³/mol.